The van der Waals surface area contributed by atoms with E-state index >= 15 is 0 Å². The van der Waals surface area contributed by atoms with E-state index in [-0.39, 0.29) is 17.6 Å². The van der Waals surface area contributed by atoms with E-state index in [4.69, 9.17) is 21.1 Å². The Balaban J connectivity index is 2.18. The van der Waals surface area contributed by atoms with E-state index in [0.717, 1.165) is 5.56 Å². The molecule has 2 aromatic rings. The molecule has 0 saturated heterocycles. The number of amides is 1. The van der Waals surface area contributed by atoms with Gasteiger partial charge in [-0.15, -0.1) is 0 Å². The summed E-state index contributed by atoms with van der Waals surface area (Å²) in [5.74, 6) is 1.04. The molecule has 5 nitrogen and oxygen atoms in total. The molecule has 22 heavy (non-hydrogen) atoms. The highest BCUT2D eigenvalue weighted by molar-refractivity contribution is 6.30. The monoisotopic (exact) mass is 320 g/mol. The van der Waals surface area contributed by atoms with E-state index in [2.05, 4.69) is 10.3 Å². The highest BCUT2D eigenvalue weighted by Gasteiger charge is 2.16. The van der Waals surface area contributed by atoms with Gasteiger partial charge in [0.25, 0.3) is 5.91 Å². The van der Waals surface area contributed by atoms with Gasteiger partial charge in [-0.2, -0.15) is 0 Å². The molecule has 0 bridgehead atoms. The van der Waals surface area contributed by atoms with Crippen LogP contribution >= 0.6 is 11.6 Å². The Bertz CT molecular complexity index is 676. The first-order valence-corrected chi connectivity index (χ1v) is 7.07. The molecule has 116 valence electrons. The largest absolute Gasteiger partial charge is 0.497 e. The van der Waals surface area contributed by atoms with Crippen molar-refractivity contribution >= 4 is 17.5 Å². The number of hydrogen-bond donors (Lipinski definition) is 1. The second-order valence-electron chi connectivity index (χ2n) is 4.66. The lowest BCUT2D eigenvalue weighted by atomic mass is 10.1. The molecule has 1 heterocycles. The first kappa shape index (κ1) is 16.1. The first-order chi connectivity index (χ1) is 10.5. The molecule has 0 aliphatic heterocycles. The van der Waals surface area contributed by atoms with Crippen LogP contribution in [0.5, 0.6) is 11.5 Å². The fourth-order valence-corrected chi connectivity index (χ4v) is 2.21. The smallest absolute Gasteiger partial charge is 0.270 e. The van der Waals surface area contributed by atoms with Crippen molar-refractivity contribution in [3.63, 3.8) is 0 Å². The Hall–Kier alpha value is -2.27. The molecule has 6 heteroatoms. The van der Waals surface area contributed by atoms with Crippen LogP contribution < -0.4 is 14.8 Å². The Morgan fingerprint density at radius 2 is 2.00 bits per heavy atom. The molecule has 0 saturated carbocycles. The molecule has 1 amide bonds. The van der Waals surface area contributed by atoms with Crippen molar-refractivity contribution in [3.05, 3.63) is 52.8 Å². The predicted octanol–water partition coefficient (Wildman–Crippen LogP) is 3.24. The number of aromatic nitrogens is 1. The van der Waals surface area contributed by atoms with Gasteiger partial charge in [-0.3, -0.25) is 9.78 Å². The van der Waals surface area contributed by atoms with Crippen LogP contribution in [0.1, 0.15) is 29.0 Å². The molecule has 1 N–H and O–H groups in total. The summed E-state index contributed by atoms with van der Waals surface area (Å²) in [4.78, 5) is 16.2. The van der Waals surface area contributed by atoms with E-state index in [0.29, 0.717) is 16.5 Å². The SMILES string of the molecule is COc1ccc([C@@H](C)NC(=O)c2cc(Cl)ccn2)c(OC)c1. The number of rotatable bonds is 5. The minimum absolute atomic E-state index is 0.255. The zero-order valence-electron chi connectivity index (χ0n) is 12.6. The Morgan fingerprint density at radius 1 is 1.23 bits per heavy atom. The number of pyridine rings is 1. The summed E-state index contributed by atoms with van der Waals surface area (Å²) in [5, 5.41) is 3.34. The van der Waals surface area contributed by atoms with Crippen LogP contribution in [0.4, 0.5) is 0 Å². The van der Waals surface area contributed by atoms with Gasteiger partial charge >= 0.3 is 0 Å². The maximum absolute atomic E-state index is 12.2. The molecular formula is C16H17ClN2O3. The van der Waals surface area contributed by atoms with Crippen molar-refractivity contribution in [1.29, 1.82) is 0 Å². The Labute approximate surface area is 134 Å². The topological polar surface area (TPSA) is 60.5 Å². The molecule has 2 rings (SSSR count). The number of benzene rings is 1. The van der Waals surface area contributed by atoms with Gasteiger partial charge in [-0.25, -0.2) is 0 Å². The molecule has 1 atom stereocenters. The van der Waals surface area contributed by atoms with E-state index in [1.165, 1.54) is 12.3 Å². The van der Waals surface area contributed by atoms with E-state index in [9.17, 15) is 4.79 Å². The van der Waals surface area contributed by atoms with Gasteiger partial charge in [0.1, 0.15) is 17.2 Å². The van der Waals surface area contributed by atoms with E-state index in [1.807, 2.05) is 19.1 Å². The quantitative estimate of drug-likeness (QED) is 0.918. The van der Waals surface area contributed by atoms with Gasteiger partial charge in [-0.1, -0.05) is 11.6 Å². The van der Waals surface area contributed by atoms with Crippen molar-refractivity contribution in [2.75, 3.05) is 14.2 Å². The number of halogens is 1. The lowest BCUT2D eigenvalue weighted by molar-refractivity contribution is 0.0934. The summed E-state index contributed by atoms with van der Waals surface area (Å²) in [6.07, 6.45) is 1.50. The second-order valence-corrected chi connectivity index (χ2v) is 5.10. The minimum atomic E-state index is -0.298. The maximum atomic E-state index is 12.2. The van der Waals surface area contributed by atoms with E-state index < -0.39 is 0 Å². The van der Waals surface area contributed by atoms with Crippen LogP contribution in [0.15, 0.2) is 36.5 Å². The zero-order valence-corrected chi connectivity index (χ0v) is 13.3. The number of nitrogens with one attached hydrogen (secondary N) is 1. The number of carbonyl (C=O) groups is 1. The summed E-state index contributed by atoms with van der Waals surface area (Å²) in [5.41, 5.74) is 1.12. The third kappa shape index (κ3) is 3.68. The molecule has 0 aliphatic carbocycles. The molecule has 1 aromatic carbocycles. The third-order valence-corrected chi connectivity index (χ3v) is 3.44. The number of ether oxygens (including phenoxy) is 2. The van der Waals surface area contributed by atoms with Crippen molar-refractivity contribution < 1.29 is 14.3 Å². The molecule has 1 aromatic heterocycles. The van der Waals surface area contributed by atoms with Gasteiger partial charge < -0.3 is 14.8 Å². The lowest BCUT2D eigenvalue weighted by Gasteiger charge is -2.18. The summed E-state index contributed by atoms with van der Waals surface area (Å²) in [7, 11) is 3.16. The van der Waals surface area contributed by atoms with E-state index in [1.54, 1.807) is 26.4 Å². The summed E-state index contributed by atoms with van der Waals surface area (Å²) >= 11 is 5.87. The van der Waals surface area contributed by atoms with Crippen LogP contribution in [0.25, 0.3) is 0 Å². The third-order valence-electron chi connectivity index (χ3n) is 3.21. The Kier molecular flexibility index (Phi) is 5.22. The van der Waals surface area contributed by atoms with Crippen molar-refractivity contribution in [1.82, 2.24) is 10.3 Å². The van der Waals surface area contributed by atoms with Gasteiger partial charge in [-0.05, 0) is 31.2 Å². The van der Waals surface area contributed by atoms with Crippen LogP contribution in [0, 0.1) is 0 Å². The lowest BCUT2D eigenvalue weighted by Crippen LogP contribution is -2.27. The molecule has 0 spiro atoms. The van der Waals surface area contributed by atoms with Gasteiger partial charge in [0.15, 0.2) is 0 Å². The Morgan fingerprint density at radius 3 is 2.64 bits per heavy atom. The normalized spacial score (nSPS) is 11.6. The molecular weight excluding hydrogens is 304 g/mol. The highest BCUT2D eigenvalue weighted by atomic mass is 35.5. The first-order valence-electron chi connectivity index (χ1n) is 6.69. The number of hydrogen-bond acceptors (Lipinski definition) is 4. The standard InChI is InChI=1S/C16H17ClN2O3/c1-10(13-5-4-12(21-2)9-15(13)22-3)19-16(20)14-8-11(17)6-7-18-14/h4-10H,1-3H3,(H,19,20)/t10-/m1/s1. The molecule has 0 aliphatic rings. The highest BCUT2D eigenvalue weighted by Crippen LogP contribution is 2.29. The van der Waals surface area contributed by atoms with Crippen molar-refractivity contribution in [3.8, 4) is 11.5 Å². The second kappa shape index (κ2) is 7.13. The number of methoxy groups -OCH3 is 2. The van der Waals surface area contributed by atoms with Crippen LogP contribution in [0.3, 0.4) is 0 Å². The fourth-order valence-electron chi connectivity index (χ4n) is 2.05. The zero-order chi connectivity index (χ0) is 16.1. The summed E-state index contributed by atoms with van der Waals surface area (Å²) < 4.78 is 10.5. The van der Waals surface area contributed by atoms with Crippen LogP contribution in [-0.4, -0.2) is 25.1 Å². The average molecular weight is 321 g/mol. The molecule has 0 fully saturated rings. The average Bonchev–Trinajstić information content (AvgIpc) is 2.54. The van der Waals surface area contributed by atoms with Crippen molar-refractivity contribution in [2.24, 2.45) is 0 Å². The van der Waals surface area contributed by atoms with Crippen LogP contribution in [0.2, 0.25) is 5.02 Å². The minimum Gasteiger partial charge on any atom is -0.497 e. The predicted molar refractivity (Wildman–Crippen MR) is 84.7 cm³/mol. The number of carbonyl (C=O) groups excluding carboxylic acids is 1. The van der Waals surface area contributed by atoms with Gasteiger partial charge in [0.05, 0.1) is 20.3 Å². The number of nitrogens with zero attached hydrogens (tertiary/aromatic N) is 1. The molecule has 0 radical (unpaired) electrons. The summed E-state index contributed by atoms with van der Waals surface area (Å²) in [6.45, 7) is 1.87. The summed E-state index contributed by atoms with van der Waals surface area (Å²) in [6, 6.07) is 8.33. The van der Waals surface area contributed by atoms with Crippen LogP contribution in [-0.2, 0) is 0 Å². The van der Waals surface area contributed by atoms with Crippen molar-refractivity contribution in [2.45, 2.75) is 13.0 Å². The molecule has 0 unspecified atom stereocenters. The fraction of sp³-hybridized carbons (Fsp3) is 0.250. The maximum Gasteiger partial charge on any atom is 0.270 e. The van der Waals surface area contributed by atoms with Gasteiger partial charge in [0.2, 0.25) is 0 Å². The van der Waals surface area contributed by atoms with Gasteiger partial charge in [0, 0.05) is 22.8 Å².